The molecular formula is C17H15ClF4N6. The minimum absolute atomic E-state index is 0.00149. The highest BCUT2D eigenvalue weighted by molar-refractivity contribution is 6.34. The van der Waals surface area contributed by atoms with Gasteiger partial charge in [-0.15, -0.1) is 5.10 Å². The number of nitrogens with two attached hydrogens (primary N) is 1. The van der Waals surface area contributed by atoms with Crippen molar-refractivity contribution in [2.45, 2.75) is 12.7 Å². The molecule has 148 valence electrons. The van der Waals surface area contributed by atoms with Gasteiger partial charge in [0.05, 0.1) is 10.6 Å². The van der Waals surface area contributed by atoms with Crippen LogP contribution in [-0.4, -0.2) is 22.2 Å². The van der Waals surface area contributed by atoms with E-state index in [0.717, 1.165) is 12.1 Å². The molecule has 0 unspecified atom stereocenters. The van der Waals surface area contributed by atoms with Gasteiger partial charge in [0, 0.05) is 23.4 Å². The lowest BCUT2D eigenvalue weighted by atomic mass is 9.97. The Balaban J connectivity index is 2.09. The summed E-state index contributed by atoms with van der Waals surface area (Å²) in [6.45, 7) is 0.245. The average Bonchev–Trinajstić information content (AvgIpc) is 3.00. The molecule has 11 heteroatoms. The van der Waals surface area contributed by atoms with Crippen LogP contribution in [0.3, 0.4) is 0 Å². The van der Waals surface area contributed by atoms with Crippen molar-refractivity contribution in [2.24, 2.45) is 0 Å². The van der Waals surface area contributed by atoms with E-state index in [4.69, 9.17) is 17.3 Å². The van der Waals surface area contributed by atoms with Gasteiger partial charge in [-0.1, -0.05) is 23.7 Å². The van der Waals surface area contributed by atoms with Crippen LogP contribution in [0, 0.1) is 5.82 Å². The first kappa shape index (κ1) is 19.9. The molecule has 28 heavy (non-hydrogen) atoms. The third-order valence-corrected chi connectivity index (χ3v) is 4.16. The maximum absolute atomic E-state index is 14.2. The lowest BCUT2D eigenvalue weighted by Crippen LogP contribution is -2.10. The smallest absolute Gasteiger partial charge is 0.368 e. The van der Waals surface area contributed by atoms with Crippen LogP contribution in [-0.2, 0) is 12.7 Å². The fourth-order valence-corrected chi connectivity index (χ4v) is 3.02. The second kappa shape index (κ2) is 7.64. The van der Waals surface area contributed by atoms with E-state index >= 15 is 0 Å². The second-order valence-corrected chi connectivity index (χ2v) is 6.29. The molecule has 0 radical (unpaired) electrons. The Kier molecular flexibility index (Phi) is 5.43. The Morgan fingerprint density at radius 3 is 2.54 bits per heavy atom. The highest BCUT2D eigenvalue weighted by atomic mass is 35.5. The first-order valence-electron chi connectivity index (χ1n) is 7.98. The summed E-state index contributed by atoms with van der Waals surface area (Å²) in [5, 5.41) is 11.2. The summed E-state index contributed by atoms with van der Waals surface area (Å²) in [4.78, 5) is 3.77. The number of hydrogen-bond donors (Lipinski definition) is 4. The van der Waals surface area contributed by atoms with Gasteiger partial charge in [-0.2, -0.15) is 18.2 Å². The Labute approximate surface area is 162 Å². The van der Waals surface area contributed by atoms with Crippen molar-refractivity contribution in [3.05, 3.63) is 52.3 Å². The number of hydrogen-bond acceptors (Lipinski definition) is 5. The third kappa shape index (κ3) is 4.18. The van der Waals surface area contributed by atoms with E-state index in [1.165, 1.54) is 18.2 Å². The van der Waals surface area contributed by atoms with Crippen molar-refractivity contribution in [1.29, 1.82) is 0 Å². The van der Waals surface area contributed by atoms with Gasteiger partial charge in [-0.25, -0.2) is 9.49 Å². The minimum Gasteiger partial charge on any atom is -0.368 e. The highest BCUT2D eigenvalue weighted by Crippen LogP contribution is 2.43. The predicted octanol–water partition coefficient (Wildman–Crippen LogP) is 4.33. The molecule has 0 aliphatic rings. The van der Waals surface area contributed by atoms with E-state index in [9.17, 15) is 17.6 Å². The fraction of sp³-hybridized carbons (Fsp3) is 0.176. The Morgan fingerprint density at radius 2 is 1.96 bits per heavy atom. The van der Waals surface area contributed by atoms with Crippen LogP contribution < -0.4 is 16.4 Å². The number of halogens is 5. The van der Waals surface area contributed by atoms with Crippen molar-refractivity contribution in [3.63, 3.8) is 0 Å². The molecule has 5 N–H and O–H groups in total. The van der Waals surface area contributed by atoms with Crippen LogP contribution in [0.25, 0.3) is 11.1 Å². The zero-order chi connectivity index (χ0) is 20.5. The molecular weight excluding hydrogens is 400 g/mol. The molecule has 0 saturated heterocycles. The summed E-state index contributed by atoms with van der Waals surface area (Å²) in [5.41, 5.74) is 4.41. The summed E-state index contributed by atoms with van der Waals surface area (Å²) in [6.07, 6.45) is -4.73. The lowest BCUT2D eigenvalue weighted by molar-refractivity contribution is -0.137. The van der Waals surface area contributed by atoms with Gasteiger partial charge in [-0.3, -0.25) is 0 Å². The number of aromatic nitrogens is 3. The van der Waals surface area contributed by atoms with E-state index in [0.29, 0.717) is 5.56 Å². The Bertz CT molecular complexity index is 1000. The van der Waals surface area contributed by atoms with E-state index in [2.05, 4.69) is 25.8 Å². The topological polar surface area (TPSA) is 91.7 Å². The van der Waals surface area contributed by atoms with Crippen LogP contribution in [0.2, 0.25) is 5.02 Å². The number of aromatic amines is 1. The molecule has 0 aliphatic heterocycles. The van der Waals surface area contributed by atoms with E-state index < -0.39 is 17.6 Å². The number of nitrogens with zero attached hydrogens (tertiary/aromatic N) is 2. The highest BCUT2D eigenvalue weighted by Gasteiger charge is 2.35. The van der Waals surface area contributed by atoms with Gasteiger partial charge in [-0.05, 0) is 30.8 Å². The number of rotatable bonds is 5. The van der Waals surface area contributed by atoms with Crippen LogP contribution in [0.4, 0.5) is 35.1 Å². The minimum atomic E-state index is -4.73. The normalized spacial score (nSPS) is 11.6. The second-order valence-electron chi connectivity index (χ2n) is 5.88. The van der Waals surface area contributed by atoms with Crippen molar-refractivity contribution in [3.8, 4) is 11.1 Å². The molecule has 0 spiro atoms. The molecule has 0 amide bonds. The molecule has 0 bridgehead atoms. The Hall–Kier alpha value is -2.85. The monoisotopic (exact) mass is 414 g/mol. The van der Waals surface area contributed by atoms with Gasteiger partial charge in [0.2, 0.25) is 11.9 Å². The number of benzene rings is 2. The van der Waals surface area contributed by atoms with Gasteiger partial charge >= 0.3 is 6.18 Å². The SMILES string of the molecule is CNCc1ccc(-c2c(Cl)cc(Nc3n[nH]c(N)n3)cc2C(F)(F)F)cc1F. The predicted molar refractivity (Wildman–Crippen MR) is 98.7 cm³/mol. The quantitative estimate of drug-likeness (QED) is 0.466. The molecule has 0 atom stereocenters. The number of nitrogens with one attached hydrogen (secondary N) is 3. The Morgan fingerprint density at radius 1 is 1.21 bits per heavy atom. The zero-order valence-electron chi connectivity index (χ0n) is 14.5. The van der Waals surface area contributed by atoms with Crippen LogP contribution >= 0.6 is 11.6 Å². The number of anilines is 3. The molecule has 6 nitrogen and oxygen atoms in total. The number of H-pyrrole nitrogens is 1. The largest absolute Gasteiger partial charge is 0.417 e. The molecule has 1 heterocycles. The maximum Gasteiger partial charge on any atom is 0.417 e. The lowest BCUT2D eigenvalue weighted by Gasteiger charge is -2.17. The zero-order valence-corrected chi connectivity index (χ0v) is 15.2. The molecule has 1 aromatic heterocycles. The van der Waals surface area contributed by atoms with Crippen molar-refractivity contribution < 1.29 is 17.6 Å². The number of alkyl halides is 3. The summed E-state index contributed by atoms with van der Waals surface area (Å²) in [5.74, 6) is -0.648. The molecule has 2 aromatic carbocycles. The van der Waals surface area contributed by atoms with Gasteiger partial charge in [0.15, 0.2) is 0 Å². The van der Waals surface area contributed by atoms with Crippen LogP contribution in [0.15, 0.2) is 30.3 Å². The third-order valence-electron chi connectivity index (χ3n) is 3.86. The molecule has 3 aromatic rings. The summed E-state index contributed by atoms with van der Waals surface area (Å²) < 4.78 is 55.3. The average molecular weight is 415 g/mol. The molecule has 0 fully saturated rings. The number of nitrogen functional groups attached to an aromatic ring is 1. The summed E-state index contributed by atoms with van der Waals surface area (Å²) >= 11 is 6.15. The first-order chi connectivity index (χ1) is 13.2. The van der Waals surface area contributed by atoms with Crippen molar-refractivity contribution >= 4 is 29.2 Å². The van der Waals surface area contributed by atoms with Crippen LogP contribution in [0.5, 0.6) is 0 Å². The van der Waals surface area contributed by atoms with E-state index in [1.807, 2.05) is 0 Å². The standard InChI is InChI=1S/C17H15ClF4N6/c1-24-7-9-3-2-8(4-13(9)19)14-11(17(20,21)22)5-10(6-12(14)18)25-16-26-15(23)27-28-16/h2-6,24H,7H2,1H3,(H4,23,25,26,27,28). The summed E-state index contributed by atoms with van der Waals surface area (Å²) in [7, 11) is 1.64. The fourth-order valence-electron chi connectivity index (χ4n) is 2.69. The van der Waals surface area contributed by atoms with Crippen LogP contribution in [0.1, 0.15) is 11.1 Å². The van der Waals surface area contributed by atoms with E-state index in [1.54, 1.807) is 7.05 Å². The van der Waals surface area contributed by atoms with Gasteiger partial charge in [0.25, 0.3) is 0 Å². The molecule has 0 aliphatic carbocycles. The molecule has 3 rings (SSSR count). The maximum atomic E-state index is 14.2. The molecule has 0 saturated carbocycles. The van der Waals surface area contributed by atoms with Gasteiger partial charge in [0.1, 0.15) is 5.82 Å². The first-order valence-corrected chi connectivity index (χ1v) is 8.36. The van der Waals surface area contributed by atoms with E-state index in [-0.39, 0.29) is 40.3 Å². The summed E-state index contributed by atoms with van der Waals surface area (Å²) in [6, 6.07) is 5.98. The van der Waals surface area contributed by atoms with Crippen molar-refractivity contribution in [1.82, 2.24) is 20.5 Å². The van der Waals surface area contributed by atoms with Gasteiger partial charge < -0.3 is 16.4 Å². The van der Waals surface area contributed by atoms with Crippen molar-refractivity contribution in [2.75, 3.05) is 18.1 Å².